The maximum Gasteiger partial charge on any atom is 0.295 e. The van der Waals surface area contributed by atoms with E-state index in [1.165, 1.54) is 0 Å². The van der Waals surface area contributed by atoms with Crippen LogP contribution >= 0.6 is 0 Å². The Morgan fingerprint density at radius 2 is 1.48 bits per heavy atom. The minimum Gasteiger partial charge on any atom is -0.265 e. The maximum absolute atomic E-state index is 13.4. The fraction of sp³-hybridized carbons (Fsp3) is 0.174. The highest BCUT2D eigenvalue weighted by molar-refractivity contribution is 5.82. The lowest BCUT2D eigenvalue weighted by Gasteiger charge is -2.16. The van der Waals surface area contributed by atoms with Gasteiger partial charge in [0.1, 0.15) is 5.69 Å². The van der Waals surface area contributed by atoms with Crippen molar-refractivity contribution in [1.29, 1.82) is 0 Å². The minimum absolute atomic E-state index is 0.143. The third kappa shape index (κ3) is 2.68. The number of hydrogen-bond donors (Lipinski definition) is 1. The normalized spacial score (nSPS) is 12.1. The van der Waals surface area contributed by atoms with E-state index >= 15 is 0 Å². The largest absolute Gasteiger partial charge is 0.295 e. The fourth-order valence-corrected chi connectivity index (χ4v) is 3.70. The van der Waals surface area contributed by atoms with Crippen LogP contribution < -0.4 is 5.56 Å². The maximum atomic E-state index is 13.4. The van der Waals surface area contributed by atoms with Crippen LogP contribution in [0.2, 0.25) is 0 Å². The van der Waals surface area contributed by atoms with Gasteiger partial charge in [0, 0.05) is 22.6 Å². The molecule has 6 nitrogen and oxygen atoms in total. The van der Waals surface area contributed by atoms with Crippen molar-refractivity contribution in [2.45, 2.75) is 26.2 Å². The van der Waals surface area contributed by atoms with Crippen LogP contribution in [0.15, 0.2) is 71.5 Å². The van der Waals surface area contributed by atoms with Crippen LogP contribution in [0.3, 0.4) is 0 Å². The zero-order valence-corrected chi connectivity index (χ0v) is 16.5. The Morgan fingerprint density at radius 3 is 2.10 bits per heavy atom. The van der Waals surface area contributed by atoms with Gasteiger partial charge in [-0.2, -0.15) is 9.61 Å². The van der Waals surface area contributed by atoms with Crippen LogP contribution in [-0.4, -0.2) is 24.2 Å². The number of imidazole rings is 1. The van der Waals surface area contributed by atoms with E-state index in [2.05, 4.69) is 10.2 Å². The lowest BCUT2D eigenvalue weighted by atomic mass is 9.93. The van der Waals surface area contributed by atoms with Gasteiger partial charge in [-0.25, -0.2) is 9.50 Å². The third-order valence-electron chi connectivity index (χ3n) is 5.06. The second-order valence-electron chi connectivity index (χ2n) is 8.18. The van der Waals surface area contributed by atoms with Crippen molar-refractivity contribution in [3.05, 3.63) is 82.8 Å². The zero-order valence-electron chi connectivity index (χ0n) is 16.5. The molecule has 0 amide bonds. The molecule has 3 aromatic heterocycles. The highest BCUT2D eigenvalue weighted by Crippen LogP contribution is 2.33. The first kappa shape index (κ1) is 17.4. The van der Waals surface area contributed by atoms with Crippen molar-refractivity contribution < 1.29 is 0 Å². The molecule has 6 heteroatoms. The summed E-state index contributed by atoms with van der Waals surface area (Å²) in [7, 11) is 0. The number of rotatable bonds is 2. The first-order valence-electron chi connectivity index (χ1n) is 9.59. The number of benzene rings is 2. The number of nitrogens with one attached hydrogen (secondary N) is 1. The molecule has 0 aliphatic carbocycles. The average molecular weight is 383 g/mol. The van der Waals surface area contributed by atoms with Gasteiger partial charge in [-0.05, 0) is 0 Å². The summed E-state index contributed by atoms with van der Waals surface area (Å²) in [4.78, 5) is 18.3. The van der Waals surface area contributed by atoms with Crippen molar-refractivity contribution in [2.75, 3.05) is 0 Å². The van der Waals surface area contributed by atoms with Gasteiger partial charge in [0.05, 0.1) is 11.4 Å². The lowest BCUT2D eigenvalue weighted by molar-refractivity contribution is 0.540. The molecule has 0 spiro atoms. The van der Waals surface area contributed by atoms with E-state index in [0.717, 1.165) is 22.5 Å². The van der Waals surface area contributed by atoms with Crippen molar-refractivity contribution in [1.82, 2.24) is 24.2 Å². The van der Waals surface area contributed by atoms with Crippen LogP contribution in [0, 0.1) is 0 Å². The molecule has 0 saturated heterocycles. The quantitative estimate of drug-likeness (QED) is 0.494. The van der Waals surface area contributed by atoms with E-state index in [1.807, 2.05) is 92.0 Å². The number of nitrogens with zero attached hydrogens (tertiary/aromatic N) is 4. The first-order valence-corrected chi connectivity index (χ1v) is 9.59. The molecule has 0 aliphatic rings. The molecule has 0 bridgehead atoms. The Hall–Kier alpha value is -3.67. The second kappa shape index (κ2) is 6.17. The van der Waals surface area contributed by atoms with Crippen molar-refractivity contribution in [3.63, 3.8) is 0 Å². The van der Waals surface area contributed by atoms with E-state index < -0.39 is 0 Å². The molecule has 29 heavy (non-hydrogen) atoms. The van der Waals surface area contributed by atoms with Crippen LogP contribution in [0.5, 0.6) is 0 Å². The number of fused-ring (bicyclic) bond motifs is 3. The highest BCUT2D eigenvalue weighted by atomic mass is 16.1. The summed E-state index contributed by atoms with van der Waals surface area (Å²) in [6, 6.07) is 21.9. The fourth-order valence-electron chi connectivity index (χ4n) is 3.70. The van der Waals surface area contributed by atoms with Gasteiger partial charge in [-0.15, -0.1) is 0 Å². The molecule has 0 fully saturated rings. The van der Waals surface area contributed by atoms with E-state index in [4.69, 9.17) is 4.98 Å². The Balaban J connectivity index is 1.95. The number of aromatic nitrogens is 5. The molecular formula is C23H21N5O. The molecule has 0 aliphatic heterocycles. The standard InChI is InChI=1S/C23H21N5O/c1-23(2,3)21-22(29)28-18(25-26-21)14-17-24-19(15-10-6-4-7-11-15)20(27(17)28)16-12-8-5-9-13-16/h4-14,25H,1-3H3. The molecule has 5 rings (SSSR count). The van der Waals surface area contributed by atoms with Gasteiger partial charge in [0.15, 0.2) is 11.3 Å². The number of H-pyrrole nitrogens is 1. The Bertz CT molecular complexity index is 1390. The third-order valence-corrected chi connectivity index (χ3v) is 5.06. The van der Waals surface area contributed by atoms with Crippen molar-refractivity contribution in [3.8, 4) is 22.5 Å². The van der Waals surface area contributed by atoms with Crippen LogP contribution in [0.1, 0.15) is 26.5 Å². The Morgan fingerprint density at radius 1 is 0.862 bits per heavy atom. The predicted molar refractivity (Wildman–Crippen MR) is 114 cm³/mol. The summed E-state index contributed by atoms with van der Waals surface area (Å²) in [5.41, 5.74) is 4.99. The van der Waals surface area contributed by atoms with Crippen LogP contribution in [0.25, 0.3) is 33.8 Å². The summed E-state index contributed by atoms with van der Waals surface area (Å²) in [5, 5.41) is 7.37. The average Bonchev–Trinajstić information content (AvgIpc) is 3.24. The van der Waals surface area contributed by atoms with E-state index in [1.54, 1.807) is 4.52 Å². The molecule has 0 saturated carbocycles. The molecule has 1 N–H and O–H groups in total. The predicted octanol–water partition coefficient (Wildman–Crippen LogP) is 4.30. The summed E-state index contributed by atoms with van der Waals surface area (Å²) >= 11 is 0. The van der Waals surface area contributed by atoms with E-state index in [0.29, 0.717) is 17.0 Å². The SMILES string of the molecule is CC(C)(C)c1n[nH]c2cc3nc(-c4ccccc4)c(-c4ccccc4)n3n2c1=O. The lowest BCUT2D eigenvalue weighted by Crippen LogP contribution is -2.31. The zero-order chi connectivity index (χ0) is 20.2. The van der Waals surface area contributed by atoms with Gasteiger partial charge in [0.25, 0.3) is 5.56 Å². The summed E-state index contributed by atoms with van der Waals surface area (Å²) < 4.78 is 3.54. The first-order chi connectivity index (χ1) is 13.9. The van der Waals surface area contributed by atoms with Gasteiger partial charge in [0.2, 0.25) is 0 Å². The molecule has 0 radical (unpaired) electrons. The van der Waals surface area contributed by atoms with Gasteiger partial charge < -0.3 is 0 Å². The molecule has 5 aromatic rings. The van der Waals surface area contributed by atoms with Gasteiger partial charge >= 0.3 is 0 Å². The monoisotopic (exact) mass is 383 g/mol. The van der Waals surface area contributed by atoms with Crippen molar-refractivity contribution in [2.24, 2.45) is 0 Å². The Kier molecular flexibility index (Phi) is 3.71. The van der Waals surface area contributed by atoms with E-state index in [9.17, 15) is 4.79 Å². The van der Waals surface area contributed by atoms with Gasteiger partial charge in [-0.3, -0.25) is 9.89 Å². The molecule has 3 heterocycles. The van der Waals surface area contributed by atoms with Gasteiger partial charge in [-0.1, -0.05) is 81.4 Å². The van der Waals surface area contributed by atoms with E-state index in [-0.39, 0.29) is 11.0 Å². The topological polar surface area (TPSA) is 67.5 Å². The minimum atomic E-state index is -0.381. The summed E-state index contributed by atoms with van der Waals surface area (Å²) in [6.45, 7) is 5.95. The highest BCUT2D eigenvalue weighted by Gasteiger charge is 2.25. The van der Waals surface area contributed by atoms with Crippen LogP contribution in [-0.2, 0) is 5.41 Å². The molecule has 0 unspecified atom stereocenters. The Labute approximate surface area is 167 Å². The second-order valence-corrected chi connectivity index (χ2v) is 8.18. The summed E-state index contributed by atoms with van der Waals surface area (Å²) in [6.07, 6.45) is 0. The molecule has 144 valence electrons. The molecule has 2 aromatic carbocycles. The van der Waals surface area contributed by atoms with Crippen molar-refractivity contribution >= 4 is 11.3 Å². The van der Waals surface area contributed by atoms with Crippen LogP contribution in [0.4, 0.5) is 0 Å². The molecule has 0 atom stereocenters. The molecular weight excluding hydrogens is 362 g/mol. The smallest absolute Gasteiger partial charge is 0.265 e. The summed E-state index contributed by atoms with van der Waals surface area (Å²) in [5.74, 6) is 0. The number of hydrogen-bond acceptors (Lipinski definition) is 3. The number of aromatic amines is 1.